The lowest BCUT2D eigenvalue weighted by atomic mass is 10.0. The molecule has 0 atom stereocenters. The molecule has 0 aliphatic carbocycles. The Morgan fingerprint density at radius 3 is 2.59 bits per heavy atom. The van der Waals surface area contributed by atoms with Gasteiger partial charge in [0.1, 0.15) is 12.5 Å². The maximum Gasteiger partial charge on any atom is 0.338 e. The molecule has 0 radical (unpaired) electrons. The Morgan fingerprint density at radius 1 is 1.15 bits per heavy atom. The molecule has 0 aliphatic heterocycles. The van der Waals surface area contributed by atoms with Gasteiger partial charge in [-0.3, -0.25) is 0 Å². The average molecular weight is 368 g/mol. The van der Waals surface area contributed by atoms with Crippen LogP contribution in [-0.4, -0.2) is 29.5 Å². The minimum atomic E-state index is -0.374. The number of rotatable bonds is 7. The Balaban J connectivity index is 2.06. The lowest BCUT2D eigenvalue weighted by molar-refractivity contribution is 0.0506. The molecule has 3 aromatic rings. The molecule has 0 spiro atoms. The maximum absolute atomic E-state index is 13.2. The molecule has 5 nitrogen and oxygen atoms in total. The predicted octanol–water partition coefficient (Wildman–Crippen LogP) is 4.53. The van der Waals surface area contributed by atoms with Crippen LogP contribution in [0.1, 0.15) is 23.7 Å². The zero-order valence-corrected chi connectivity index (χ0v) is 15.3. The van der Waals surface area contributed by atoms with Crippen LogP contribution in [0.5, 0.6) is 0 Å². The maximum atomic E-state index is 13.2. The fourth-order valence-corrected chi connectivity index (χ4v) is 2.77. The van der Waals surface area contributed by atoms with E-state index < -0.39 is 0 Å². The first kappa shape index (κ1) is 18.8. The first-order valence-electron chi connectivity index (χ1n) is 8.73. The van der Waals surface area contributed by atoms with Crippen molar-refractivity contribution in [3.63, 3.8) is 0 Å². The zero-order chi connectivity index (χ0) is 19.2. The van der Waals surface area contributed by atoms with E-state index in [2.05, 4.69) is 5.10 Å². The summed E-state index contributed by atoms with van der Waals surface area (Å²) in [6.45, 7) is 2.53. The number of carbonyl (C=O) groups is 1. The number of ether oxygens (including phenoxy) is 2. The molecule has 0 aliphatic rings. The first-order chi connectivity index (χ1) is 13.1. The number of carbonyl (C=O) groups excluding carboxylic acids is 1. The van der Waals surface area contributed by atoms with E-state index in [1.54, 1.807) is 36.1 Å². The molecular formula is C21H21FN2O3. The van der Waals surface area contributed by atoms with Gasteiger partial charge < -0.3 is 9.47 Å². The van der Waals surface area contributed by atoms with Gasteiger partial charge in [-0.15, -0.1) is 0 Å². The predicted molar refractivity (Wildman–Crippen MR) is 101 cm³/mol. The van der Waals surface area contributed by atoms with Crippen LogP contribution < -0.4 is 0 Å². The monoisotopic (exact) mass is 368 g/mol. The van der Waals surface area contributed by atoms with Gasteiger partial charge in [0.05, 0.1) is 23.6 Å². The number of hydrogen-bond donors (Lipinski definition) is 0. The van der Waals surface area contributed by atoms with E-state index in [0.717, 1.165) is 17.7 Å². The highest BCUT2D eigenvalue weighted by Gasteiger charge is 2.18. The summed E-state index contributed by atoms with van der Waals surface area (Å²) < 4.78 is 25.4. The summed E-state index contributed by atoms with van der Waals surface area (Å²) in [7, 11) is 1.57. The normalized spacial score (nSPS) is 10.8. The van der Waals surface area contributed by atoms with Crippen molar-refractivity contribution < 1.29 is 18.7 Å². The fourth-order valence-electron chi connectivity index (χ4n) is 2.77. The number of nitrogens with zero attached hydrogens (tertiary/aromatic N) is 2. The second-order valence-electron chi connectivity index (χ2n) is 6.02. The third-order valence-electron chi connectivity index (χ3n) is 4.03. The van der Waals surface area contributed by atoms with Gasteiger partial charge in [0.25, 0.3) is 0 Å². The van der Waals surface area contributed by atoms with Gasteiger partial charge in [-0.2, -0.15) is 5.10 Å². The third-order valence-corrected chi connectivity index (χ3v) is 4.03. The molecule has 0 N–H and O–H groups in total. The Hall–Kier alpha value is -2.99. The summed E-state index contributed by atoms with van der Waals surface area (Å²) in [6, 6.07) is 15.2. The van der Waals surface area contributed by atoms with Gasteiger partial charge in [0.15, 0.2) is 0 Å². The molecule has 0 unspecified atom stereocenters. The topological polar surface area (TPSA) is 53.3 Å². The van der Waals surface area contributed by atoms with E-state index in [1.165, 1.54) is 12.1 Å². The third kappa shape index (κ3) is 4.23. The Bertz CT molecular complexity index is 919. The van der Waals surface area contributed by atoms with Crippen molar-refractivity contribution >= 4 is 5.97 Å². The highest BCUT2D eigenvalue weighted by atomic mass is 19.1. The molecule has 140 valence electrons. The first-order valence-corrected chi connectivity index (χ1v) is 8.73. The molecule has 0 fully saturated rings. The summed E-state index contributed by atoms with van der Waals surface area (Å²) in [5.74, 6) is -0.680. The molecule has 27 heavy (non-hydrogen) atoms. The van der Waals surface area contributed by atoms with Crippen molar-refractivity contribution in [2.45, 2.75) is 20.1 Å². The Labute approximate surface area is 157 Å². The van der Waals surface area contributed by atoms with Gasteiger partial charge in [-0.1, -0.05) is 25.1 Å². The molecule has 0 saturated heterocycles. The van der Waals surface area contributed by atoms with E-state index in [4.69, 9.17) is 9.47 Å². The van der Waals surface area contributed by atoms with Gasteiger partial charge in [0, 0.05) is 18.2 Å². The number of hydrogen-bond acceptors (Lipinski definition) is 4. The van der Waals surface area contributed by atoms with Gasteiger partial charge in [-0.25, -0.2) is 13.9 Å². The number of esters is 1. The van der Waals surface area contributed by atoms with Crippen LogP contribution in [0.25, 0.3) is 22.5 Å². The summed E-state index contributed by atoms with van der Waals surface area (Å²) in [5.41, 5.74) is 3.34. The van der Waals surface area contributed by atoms with Gasteiger partial charge in [-0.05, 0) is 42.8 Å². The van der Waals surface area contributed by atoms with Crippen molar-refractivity contribution in [1.82, 2.24) is 9.78 Å². The molecular weight excluding hydrogens is 347 g/mol. The Morgan fingerprint density at radius 2 is 1.89 bits per heavy atom. The number of benzene rings is 2. The molecule has 0 amide bonds. The molecule has 0 saturated carbocycles. The van der Waals surface area contributed by atoms with Crippen LogP contribution in [-0.2, 0) is 16.2 Å². The quantitative estimate of drug-likeness (QED) is 0.575. The van der Waals surface area contributed by atoms with Crippen LogP contribution in [0.3, 0.4) is 0 Å². The SMILES string of the molecule is CCCOC(=O)c1ccccc1-c1cc(-c2ccc(F)cc2)nn1COC. The van der Waals surface area contributed by atoms with Crippen LogP contribution in [0.15, 0.2) is 54.6 Å². The summed E-state index contributed by atoms with van der Waals surface area (Å²) in [5, 5.41) is 4.56. The highest BCUT2D eigenvalue weighted by Crippen LogP contribution is 2.29. The molecule has 3 rings (SSSR count). The van der Waals surface area contributed by atoms with Gasteiger partial charge in [0.2, 0.25) is 0 Å². The smallest absolute Gasteiger partial charge is 0.338 e. The molecule has 2 aromatic carbocycles. The van der Waals surface area contributed by atoms with E-state index in [1.807, 2.05) is 25.1 Å². The number of methoxy groups -OCH3 is 1. The highest BCUT2D eigenvalue weighted by molar-refractivity contribution is 5.97. The van der Waals surface area contributed by atoms with Crippen LogP contribution in [0.2, 0.25) is 0 Å². The van der Waals surface area contributed by atoms with Gasteiger partial charge >= 0.3 is 5.97 Å². The summed E-state index contributed by atoms with van der Waals surface area (Å²) >= 11 is 0. The number of aromatic nitrogens is 2. The zero-order valence-electron chi connectivity index (χ0n) is 15.3. The second-order valence-corrected chi connectivity index (χ2v) is 6.02. The lowest BCUT2D eigenvalue weighted by Gasteiger charge is -2.11. The van der Waals surface area contributed by atoms with Crippen LogP contribution in [0.4, 0.5) is 4.39 Å². The van der Waals surface area contributed by atoms with E-state index in [9.17, 15) is 9.18 Å². The van der Waals surface area contributed by atoms with E-state index >= 15 is 0 Å². The van der Waals surface area contributed by atoms with E-state index in [-0.39, 0.29) is 18.5 Å². The largest absolute Gasteiger partial charge is 0.462 e. The molecule has 0 bridgehead atoms. The fraction of sp³-hybridized carbons (Fsp3) is 0.238. The minimum absolute atomic E-state index is 0.217. The van der Waals surface area contributed by atoms with Crippen molar-refractivity contribution in [3.8, 4) is 22.5 Å². The second kappa shape index (κ2) is 8.60. The van der Waals surface area contributed by atoms with Crippen LogP contribution >= 0.6 is 0 Å². The summed E-state index contributed by atoms with van der Waals surface area (Å²) in [4.78, 5) is 12.5. The van der Waals surface area contributed by atoms with Crippen molar-refractivity contribution in [3.05, 3.63) is 66.0 Å². The van der Waals surface area contributed by atoms with Crippen molar-refractivity contribution in [2.24, 2.45) is 0 Å². The summed E-state index contributed by atoms with van der Waals surface area (Å²) in [6.07, 6.45) is 0.754. The molecule has 1 heterocycles. The number of halogens is 1. The van der Waals surface area contributed by atoms with Crippen LogP contribution in [0, 0.1) is 5.82 Å². The molecule has 1 aromatic heterocycles. The standard InChI is InChI=1S/C21H21FN2O3/c1-3-12-27-21(25)18-7-5-4-6-17(18)20-13-19(23-24(20)14-26-2)15-8-10-16(22)11-9-15/h4-11,13H,3,12,14H2,1-2H3. The minimum Gasteiger partial charge on any atom is -0.462 e. The molecule has 6 heteroatoms. The van der Waals surface area contributed by atoms with Crippen molar-refractivity contribution in [2.75, 3.05) is 13.7 Å². The lowest BCUT2D eigenvalue weighted by Crippen LogP contribution is -2.10. The van der Waals surface area contributed by atoms with Crippen molar-refractivity contribution in [1.29, 1.82) is 0 Å². The Kier molecular flexibility index (Phi) is 5.98. The average Bonchev–Trinajstić information content (AvgIpc) is 3.10. The van der Waals surface area contributed by atoms with E-state index in [0.29, 0.717) is 23.4 Å².